The van der Waals surface area contributed by atoms with Crippen molar-refractivity contribution in [3.05, 3.63) is 0 Å². The SMILES string of the molecule is CCC1CCCCN1C(=O)C1CCN(CCC#N)CC1. The molecule has 1 unspecified atom stereocenters. The normalized spacial score (nSPS) is 25.4. The van der Waals surface area contributed by atoms with Crippen LogP contribution >= 0.6 is 0 Å². The second-order valence-corrected chi connectivity index (χ2v) is 6.11. The Kier molecular flexibility index (Phi) is 5.85. The number of nitriles is 1. The van der Waals surface area contributed by atoms with Gasteiger partial charge in [-0.15, -0.1) is 0 Å². The van der Waals surface area contributed by atoms with Gasteiger partial charge in [0.15, 0.2) is 0 Å². The van der Waals surface area contributed by atoms with Gasteiger partial charge in [-0.3, -0.25) is 4.79 Å². The number of carbonyl (C=O) groups is 1. The molecule has 112 valence electrons. The van der Waals surface area contributed by atoms with Crippen LogP contribution in [0.1, 0.15) is 51.9 Å². The van der Waals surface area contributed by atoms with Crippen molar-refractivity contribution in [1.82, 2.24) is 9.80 Å². The van der Waals surface area contributed by atoms with E-state index in [2.05, 4.69) is 22.8 Å². The van der Waals surface area contributed by atoms with Crippen LogP contribution in [0.25, 0.3) is 0 Å². The first kappa shape index (κ1) is 15.3. The van der Waals surface area contributed by atoms with Crippen molar-refractivity contribution in [2.45, 2.75) is 57.9 Å². The van der Waals surface area contributed by atoms with E-state index in [0.29, 0.717) is 18.4 Å². The molecule has 0 saturated carbocycles. The van der Waals surface area contributed by atoms with Crippen LogP contribution in [0.2, 0.25) is 0 Å². The number of rotatable bonds is 4. The molecule has 0 aromatic carbocycles. The Hall–Kier alpha value is -1.08. The Balaban J connectivity index is 1.83. The van der Waals surface area contributed by atoms with E-state index in [1.165, 1.54) is 19.3 Å². The fourth-order valence-corrected chi connectivity index (χ4v) is 3.56. The molecule has 0 bridgehead atoms. The van der Waals surface area contributed by atoms with Gasteiger partial charge in [0.05, 0.1) is 6.07 Å². The molecule has 2 fully saturated rings. The van der Waals surface area contributed by atoms with Gasteiger partial charge in [-0.05, 0) is 51.6 Å². The molecule has 2 heterocycles. The topological polar surface area (TPSA) is 47.3 Å². The fraction of sp³-hybridized carbons (Fsp3) is 0.875. The zero-order valence-electron chi connectivity index (χ0n) is 12.7. The highest BCUT2D eigenvalue weighted by atomic mass is 16.2. The average Bonchev–Trinajstić information content (AvgIpc) is 2.52. The Morgan fingerprint density at radius 2 is 1.95 bits per heavy atom. The zero-order valence-corrected chi connectivity index (χ0v) is 12.7. The molecule has 0 aliphatic carbocycles. The number of hydrogen-bond acceptors (Lipinski definition) is 3. The fourth-order valence-electron chi connectivity index (χ4n) is 3.56. The van der Waals surface area contributed by atoms with E-state index in [1.807, 2.05) is 0 Å². The molecule has 2 aliphatic rings. The minimum Gasteiger partial charge on any atom is -0.339 e. The van der Waals surface area contributed by atoms with Crippen LogP contribution in [0.3, 0.4) is 0 Å². The molecular formula is C16H27N3O. The molecule has 0 spiro atoms. The predicted molar refractivity (Wildman–Crippen MR) is 79.0 cm³/mol. The molecule has 2 rings (SSSR count). The third-order valence-corrected chi connectivity index (χ3v) is 4.86. The van der Waals surface area contributed by atoms with Gasteiger partial charge in [0.2, 0.25) is 5.91 Å². The summed E-state index contributed by atoms with van der Waals surface area (Å²) >= 11 is 0. The summed E-state index contributed by atoms with van der Waals surface area (Å²) < 4.78 is 0. The smallest absolute Gasteiger partial charge is 0.226 e. The molecule has 1 atom stereocenters. The molecule has 0 N–H and O–H groups in total. The molecule has 0 aromatic heterocycles. The van der Waals surface area contributed by atoms with E-state index in [-0.39, 0.29) is 5.92 Å². The second-order valence-electron chi connectivity index (χ2n) is 6.11. The standard InChI is InChI=1S/C16H27N3O/c1-2-15-6-3-4-11-19(15)16(20)14-7-12-18(13-8-14)10-5-9-17/h14-15H,2-8,10-13H2,1H3. The van der Waals surface area contributed by atoms with Gasteiger partial charge in [-0.1, -0.05) is 6.92 Å². The Morgan fingerprint density at radius 3 is 2.60 bits per heavy atom. The monoisotopic (exact) mass is 277 g/mol. The van der Waals surface area contributed by atoms with E-state index < -0.39 is 0 Å². The van der Waals surface area contributed by atoms with Crippen LogP contribution in [0.15, 0.2) is 0 Å². The van der Waals surface area contributed by atoms with Crippen molar-refractivity contribution in [3.63, 3.8) is 0 Å². The molecule has 1 amide bonds. The van der Waals surface area contributed by atoms with E-state index in [9.17, 15) is 4.79 Å². The van der Waals surface area contributed by atoms with Crippen molar-refractivity contribution in [2.75, 3.05) is 26.2 Å². The zero-order chi connectivity index (χ0) is 14.4. The van der Waals surface area contributed by atoms with E-state index in [4.69, 9.17) is 5.26 Å². The first-order chi connectivity index (χ1) is 9.76. The van der Waals surface area contributed by atoms with Crippen LogP contribution in [-0.4, -0.2) is 47.9 Å². The van der Waals surface area contributed by atoms with Gasteiger partial charge >= 0.3 is 0 Å². The van der Waals surface area contributed by atoms with Crippen molar-refractivity contribution in [3.8, 4) is 6.07 Å². The van der Waals surface area contributed by atoms with Gasteiger partial charge in [0, 0.05) is 31.5 Å². The summed E-state index contributed by atoms with van der Waals surface area (Å²) in [6, 6.07) is 2.68. The first-order valence-electron chi connectivity index (χ1n) is 8.16. The van der Waals surface area contributed by atoms with Crippen molar-refractivity contribution in [2.24, 2.45) is 5.92 Å². The Bertz CT molecular complexity index is 355. The maximum absolute atomic E-state index is 12.7. The third-order valence-electron chi connectivity index (χ3n) is 4.86. The van der Waals surface area contributed by atoms with Gasteiger partial charge < -0.3 is 9.80 Å². The lowest BCUT2D eigenvalue weighted by molar-refractivity contribution is -0.141. The van der Waals surface area contributed by atoms with Gasteiger partial charge in [0.25, 0.3) is 0 Å². The third kappa shape index (κ3) is 3.73. The highest BCUT2D eigenvalue weighted by Gasteiger charge is 2.32. The van der Waals surface area contributed by atoms with E-state index >= 15 is 0 Å². The van der Waals surface area contributed by atoms with Crippen molar-refractivity contribution >= 4 is 5.91 Å². The predicted octanol–water partition coefficient (Wildman–Crippen LogP) is 2.40. The quantitative estimate of drug-likeness (QED) is 0.793. The molecule has 4 heteroatoms. The number of hydrogen-bond donors (Lipinski definition) is 0. The summed E-state index contributed by atoms with van der Waals surface area (Å²) in [6.45, 7) is 5.97. The largest absolute Gasteiger partial charge is 0.339 e. The Labute approximate surface area is 122 Å². The molecule has 0 radical (unpaired) electrons. The van der Waals surface area contributed by atoms with Crippen LogP contribution < -0.4 is 0 Å². The Morgan fingerprint density at radius 1 is 1.20 bits per heavy atom. The van der Waals surface area contributed by atoms with Gasteiger partial charge in [0.1, 0.15) is 0 Å². The lowest BCUT2D eigenvalue weighted by Crippen LogP contribution is -2.48. The number of carbonyl (C=O) groups excluding carboxylic acids is 1. The van der Waals surface area contributed by atoms with Crippen LogP contribution in [0.4, 0.5) is 0 Å². The molecule has 20 heavy (non-hydrogen) atoms. The van der Waals surface area contributed by atoms with Crippen molar-refractivity contribution < 1.29 is 4.79 Å². The van der Waals surface area contributed by atoms with Gasteiger partial charge in [-0.2, -0.15) is 5.26 Å². The van der Waals surface area contributed by atoms with Crippen LogP contribution in [-0.2, 0) is 4.79 Å². The van der Waals surface area contributed by atoms with Crippen molar-refractivity contribution in [1.29, 1.82) is 5.26 Å². The second kappa shape index (κ2) is 7.64. The lowest BCUT2D eigenvalue weighted by Gasteiger charge is -2.39. The number of piperidine rings is 2. The maximum atomic E-state index is 12.7. The number of likely N-dealkylation sites (tertiary alicyclic amines) is 2. The summed E-state index contributed by atoms with van der Waals surface area (Å²) in [5, 5.41) is 8.63. The summed E-state index contributed by atoms with van der Waals surface area (Å²) in [7, 11) is 0. The molecule has 4 nitrogen and oxygen atoms in total. The summed E-state index contributed by atoms with van der Waals surface area (Å²) in [5.74, 6) is 0.622. The number of nitrogens with zero attached hydrogens (tertiary/aromatic N) is 3. The molecular weight excluding hydrogens is 250 g/mol. The maximum Gasteiger partial charge on any atom is 0.226 e. The molecule has 2 aliphatic heterocycles. The first-order valence-corrected chi connectivity index (χ1v) is 8.16. The highest BCUT2D eigenvalue weighted by molar-refractivity contribution is 5.79. The van der Waals surface area contributed by atoms with Crippen LogP contribution in [0, 0.1) is 17.2 Å². The molecule has 0 aromatic rings. The van der Waals surface area contributed by atoms with E-state index in [0.717, 1.165) is 45.4 Å². The highest BCUT2D eigenvalue weighted by Crippen LogP contribution is 2.26. The molecule has 2 saturated heterocycles. The van der Waals surface area contributed by atoms with Crippen LogP contribution in [0.5, 0.6) is 0 Å². The van der Waals surface area contributed by atoms with Gasteiger partial charge in [-0.25, -0.2) is 0 Å². The lowest BCUT2D eigenvalue weighted by atomic mass is 9.92. The average molecular weight is 277 g/mol. The summed E-state index contributed by atoms with van der Waals surface area (Å²) in [5.41, 5.74) is 0. The number of amides is 1. The summed E-state index contributed by atoms with van der Waals surface area (Å²) in [6.07, 6.45) is 7.26. The van der Waals surface area contributed by atoms with E-state index in [1.54, 1.807) is 0 Å². The minimum atomic E-state index is 0.223. The minimum absolute atomic E-state index is 0.223. The summed E-state index contributed by atoms with van der Waals surface area (Å²) in [4.78, 5) is 17.2.